The van der Waals surface area contributed by atoms with E-state index in [0.29, 0.717) is 12.1 Å². The van der Waals surface area contributed by atoms with Crippen molar-refractivity contribution in [3.05, 3.63) is 76.8 Å². The molecule has 0 saturated carbocycles. The van der Waals surface area contributed by atoms with Gasteiger partial charge in [0.1, 0.15) is 11.6 Å². The zero-order chi connectivity index (χ0) is 21.5. The summed E-state index contributed by atoms with van der Waals surface area (Å²) in [6.07, 6.45) is 4.41. The average molecular weight is 413 g/mol. The molecule has 1 atom stereocenters. The van der Waals surface area contributed by atoms with Gasteiger partial charge in [0.2, 0.25) is 5.91 Å². The van der Waals surface area contributed by atoms with E-state index in [1.807, 2.05) is 60.2 Å². The minimum absolute atomic E-state index is 0.124. The van der Waals surface area contributed by atoms with E-state index < -0.39 is 6.04 Å². The van der Waals surface area contributed by atoms with Crippen LogP contribution in [-0.4, -0.2) is 31.8 Å². The molecule has 2 N–H and O–H groups in total. The Kier molecular flexibility index (Phi) is 4.58. The molecule has 0 aliphatic heterocycles. The lowest BCUT2D eigenvalue weighted by atomic mass is 10.1. The molecule has 7 heteroatoms. The molecule has 0 spiro atoms. The molecule has 0 saturated heterocycles. The predicted molar refractivity (Wildman–Crippen MR) is 122 cm³/mol. The van der Waals surface area contributed by atoms with E-state index in [-0.39, 0.29) is 11.5 Å². The molecule has 1 amide bonds. The monoisotopic (exact) mass is 413 g/mol. The molecule has 0 fully saturated rings. The molecule has 5 aromatic rings. The number of nitrogens with one attached hydrogen (secondary N) is 2. The largest absolute Gasteiger partial charge is 0.361 e. The Hall–Kier alpha value is -3.87. The van der Waals surface area contributed by atoms with Crippen LogP contribution in [0.1, 0.15) is 18.5 Å². The number of H-pyrrole nitrogens is 1. The van der Waals surface area contributed by atoms with E-state index in [1.165, 1.54) is 15.6 Å². The Morgan fingerprint density at radius 2 is 1.84 bits per heavy atom. The van der Waals surface area contributed by atoms with Crippen molar-refractivity contribution >= 4 is 38.6 Å². The molecule has 31 heavy (non-hydrogen) atoms. The van der Waals surface area contributed by atoms with Crippen molar-refractivity contribution < 1.29 is 4.79 Å². The van der Waals surface area contributed by atoms with Crippen LogP contribution in [0.3, 0.4) is 0 Å². The fourth-order valence-corrected chi connectivity index (χ4v) is 4.31. The van der Waals surface area contributed by atoms with E-state index in [4.69, 9.17) is 0 Å². The first kappa shape index (κ1) is 19.1. The first-order valence-corrected chi connectivity index (χ1v) is 10.3. The summed E-state index contributed by atoms with van der Waals surface area (Å²) in [4.78, 5) is 29.2. The number of nitrogens with zero attached hydrogens (tertiary/aromatic N) is 3. The lowest BCUT2D eigenvalue weighted by Gasteiger charge is -2.16. The number of amides is 1. The van der Waals surface area contributed by atoms with Crippen LogP contribution in [0.25, 0.3) is 32.7 Å². The maximum Gasteiger partial charge on any atom is 0.291 e. The zero-order valence-electron chi connectivity index (χ0n) is 17.4. The molecule has 0 aliphatic rings. The van der Waals surface area contributed by atoms with Crippen LogP contribution in [-0.2, 0) is 18.3 Å². The first-order chi connectivity index (χ1) is 15.1. The Balaban J connectivity index is 1.44. The van der Waals surface area contributed by atoms with Gasteiger partial charge in [-0.15, -0.1) is 0 Å². The van der Waals surface area contributed by atoms with Crippen molar-refractivity contribution in [1.29, 1.82) is 0 Å². The Labute approximate surface area is 178 Å². The summed E-state index contributed by atoms with van der Waals surface area (Å²) in [6, 6.07) is 15.3. The van der Waals surface area contributed by atoms with Crippen LogP contribution in [0.5, 0.6) is 0 Å². The number of aromatic amines is 1. The van der Waals surface area contributed by atoms with Gasteiger partial charge in [-0.3, -0.25) is 9.59 Å². The van der Waals surface area contributed by atoms with Crippen LogP contribution in [0, 0.1) is 0 Å². The number of carbonyl (C=O) groups excluding carboxylic acids is 1. The SMILES string of the molecule is CC(C(=O)NCCc1c[nH]c2ccccc12)n1c2ccccc2c2cnn(C)c(=O)c21. The maximum atomic E-state index is 13.1. The fourth-order valence-electron chi connectivity index (χ4n) is 4.31. The van der Waals surface area contributed by atoms with Gasteiger partial charge in [0.05, 0.1) is 11.7 Å². The van der Waals surface area contributed by atoms with Crippen LogP contribution in [0.4, 0.5) is 0 Å². The summed E-state index contributed by atoms with van der Waals surface area (Å²) in [7, 11) is 1.62. The molecule has 156 valence electrons. The summed E-state index contributed by atoms with van der Waals surface area (Å²) in [5.41, 5.74) is 3.39. The van der Waals surface area contributed by atoms with Crippen LogP contribution >= 0.6 is 0 Å². The highest BCUT2D eigenvalue weighted by Crippen LogP contribution is 2.29. The van der Waals surface area contributed by atoms with Gasteiger partial charge in [-0.05, 0) is 31.0 Å². The summed E-state index contributed by atoms with van der Waals surface area (Å²) in [6.45, 7) is 2.34. The van der Waals surface area contributed by atoms with Crippen molar-refractivity contribution in [3.8, 4) is 0 Å². The Morgan fingerprint density at radius 3 is 2.68 bits per heavy atom. The highest BCUT2D eigenvalue weighted by Gasteiger charge is 2.23. The van der Waals surface area contributed by atoms with Crippen LogP contribution in [0.15, 0.2) is 65.7 Å². The van der Waals surface area contributed by atoms with Gasteiger partial charge in [-0.1, -0.05) is 36.4 Å². The van der Waals surface area contributed by atoms with Gasteiger partial charge in [-0.25, -0.2) is 4.68 Å². The second-order valence-corrected chi connectivity index (χ2v) is 7.80. The van der Waals surface area contributed by atoms with Crippen molar-refractivity contribution in [1.82, 2.24) is 24.6 Å². The third-order valence-electron chi connectivity index (χ3n) is 5.94. The van der Waals surface area contributed by atoms with Crippen molar-refractivity contribution in [2.75, 3.05) is 6.54 Å². The summed E-state index contributed by atoms with van der Waals surface area (Å²) >= 11 is 0. The van der Waals surface area contributed by atoms with E-state index in [1.54, 1.807) is 13.2 Å². The molecule has 3 heterocycles. The van der Waals surface area contributed by atoms with Crippen LogP contribution in [0.2, 0.25) is 0 Å². The first-order valence-electron chi connectivity index (χ1n) is 10.3. The molecule has 1 unspecified atom stereocenters. The lowest BCUT2D eigenvalue weighted by molar-refractivity contribution is -0.123. The van der Waals surface area contributed by atoms with Crippen molar-refractivity contribution in [2.45, 2.75) is 19.4 Å². The second-order valence-electron chi connectivity index (χ2n) is 7.80. The number of fused-ring (bicyclic) bond motifs is 4. The molecule has 5 rings (SSSR count). The maximum absolute atomic E-state index is 13.1. The number of para-hydroxylation sites is 2. The Morgan fingerprint density at radius 1 is 1.10 bits per heavy atom. The lowest BCUT2D eigenvalue weighted by Crippen LogP contribution is -2.33. The minimum atomic E-state index is -0.541. The molecule has 7 nitrogen and oxygen atoms in total. The summed E-state index contributed by atoms with van der Waals surface area (Å²) in [5.74, 6) is -0.124. The highest BCUT2D eigenvalue weighted by atomic mass is 16.2. The van der Waals surface area contributed by atoms with Gasteiger partial charge in [0.25, 0.3) is 5.56 Å². The van der Waals surface area contributed by atoms with Gasteiger partial charge in [0, 0.05) is 41.5 Å². The zero-order valence-corrected chi connectivity index (χ0v) is 17.4. The smallest absolute Gasteiger partial charge is 0.291 e. The molecule has 0 radical (unpaired) electrons. The number of rotatable bonds is 5. The molecule has 3 aromatic heterocycles. The fraction of sp³-hybridized carbons (Fsp3) is 0.208. The standard InChI is InChI=1S/C24H23N5O2/c1-15(23(30)25-12-11-16-13-26-20-9-5-3-7-17(16)20)29-21-10-6-4-8-18(21)19-14-27-28(2)24(31)22(19)29/h3-10,13-15,26H,11-12H2,1-2H3,(H,25,30). The van der Waals surface area contributed by atoms with Crippen molar-refractivity contribution in [3.63, 3.8) is 0 Å². The third kappa shape index (κ3) is 3.09. The normalized spacial score (nSPS) is 12.6. The molecular weight excluding hydrogens is 390 g/mol. The molecular formula is C24H23N5O2. The van der Waals surface area contributed by atoms with Gasteiger partial charge in [-0.2, -0.15) is 5.10 Å². The molecule has 0 bridgehead atoms. The molecule has 2 aromatic carbocycles. The number of aromatic nitrogens is 4. The van der Waals surface area contributed by atoms with Gasteiger partial charge >= 0.3 is 0 Å². The average Bonchev–Trinajstić information content (AvgIpc) is 3.35. The van der Waals surface area contributed by atoms with E-state index in [2.05, 4.69) is 21.5 Å². The number of aryl methyl sites for hydroxylation is 1. The summed E-state index contributed by atoms with van der Waals surface area (Å²) in [5, 5.41) is 10.1. The van der Waals surface area contributed by atoms with E-state index in [0.717, 1.165) is 28.2 Å². The number of hydrogen-bond donors (Lipinski definition) is 2. The quantitative estimate of drug-likeness (QED) is 0.464. The van der Waals surface area contributed by atoms with Gasteiger partial charge in [0.15, 0.2) is 0 Å². The van der Waals surface area contributed by atoms with E-state index >= 15 is 0 Å². The topological polar surface area (TPSA) is 84.7 Å². The number of hydrogen-bond acceptors (Lipinski definition) is 3. The van der Waals surface area contributed by atoms with E-state index in [9.17, 15) is 9.59 Å². The summed E-state index contributed by atoms with van der Waals surface area (Å²) < 4.78 is 3.13. The van der Waals surface area contributed by atoms with Crippen LogP contribution < -0.4 is 10.9 Å². The minimum Gasteiger partial charge on any atom is -0.361 e. The number of benzene rings is 2. The van der Waals surface area contributed by atoms with Crippen molar-refractivity contribution in [2.24, 2.45) is 7.05 Å². The highest BCUT2D eigenvalue weighted by molar-refractivity contribution is 6.08. The third-order valence-corrected chi connectivity index (χ3v) is 5.94. The second kappa shape index (κ2) is 7.43. The predicted octanol–water partition coefficient (Wildman–Crippen LogP) is 3.29. The Bertz CT molecular complexity index is 1490. The van der Waals surface area contributed by atoms with Gasteiger partial charge < -0.3 is 14.9 Å². The number of carbonyl (C=O) groups is 1. The molecule has 0 aliphatic carbocycles.